The number of aliphatic hydroxyl groups is 1. The second-order valence-electron chi connectivity index (χ2n) is 3.76. The lowest BCUT2D eigenvalue weighted by Crippen LogP contribution is -2.36. The quantitative estimate of drug-likeness (QED) is 0.834. The van der Waals surface area contributed by atoms with Crippen LogP contribution in [0.2, 0.25) is 0 Å². The monoisotopic (exact) mass is 241 g/mol. The Morgan fingerprint density at radius 3 is 3.19 bits per heavy atom. The second kappa shape index (κ2) is 5.41. The normalized spacial score (nSPS) is 21.9. The average molecular weight is 241 g/mol. The summed E-state index contributed by atoms with van der Waals surface area (Å²) in [7, 11) is 0. The predicted octanol–water partition coefficient (Wildman–Crippen LogP) is 1.32. The highest BCUT2D eigenvalue weighted by Crippen LogP contribution is 2.27. The Hall–Kier alpha value is -0.940. The lowest BCUT2D eigenvalue weighted by molar-refractivity contribution is -0.121. The molecular formula is C11H15NO3S. The minimum Gasteiger partial charge on any atom is -0.467 e. The van der Waals surface area contributed by atoms with E-state index in [9.17, 15) is 9.90 Å². The van der Waals surface area contributed by atoms with Crippen LogP contribution < -0.4 is 5.32 Å². The molecule has 4 nitrogen and oxygen atoms in total. The molecule has 2 heterocycles. The van der Waals surface area contributed by atoms with Crippen LogP contribution in [0.4, 0.5) is 0 Å². The smallest absolute Gasteiger partial charge is 0.233 e. The van der Waals surface area contributed by atoms with E-state index in [0.29, 0.717) is 5.76 Å². The molecule has 1 fully saturated rings. The Morgan fingerprint density at radius 2 is 2.62 bits per heavy atom. The molecule has 2 unspecified atom stereocenters. The number of hydrogen-bond acceptors (Lipinski definition) is 4. The highest BCUT2D eigenvalue weighted by atomic mass is 32.2. The van der Waals surface area contributed by atoms with Crippen LogP contribution in [0.25, 0.3) is 0 Å². The minimum absolute atomic E-state index is 0.00190. The molecular weight excluding hydrogens is 226 g/mol. The third-order valence-corrected chi connectivity index (χ3v) is 3.98. The van der Waals surface area contributed by atoms with Crippen LogP contribution in [0, 0.1) is 0 Å². The number of thioether (sulfide) groups is 1. The van der Waals surface area contributed by atoms with Gasteiger partial charge in [0.25, 0.3) is 0 Å². The molecule has 16 heavy (non-hydrogen) atoms. The topological polar surface area (TPSA) is 62.5 Å². The van der Waals surface area contributed by atoms with Crippen LogP contribution in [0.3, 0.4) is 0 Å². The van der Waals surface area contributed by atoms with E-state index in [1.807, 2.05) is 0 Å². The Bertz CT molecular complexity index is 333. The number of hydrogen-bond donors (Lipinski definition) is 2. The molecule has 1 amide bonds. The van der Waals surface area contributed by atoms with Gasteiger partial charge in [0.1, 0.15) is 11.8 Å². The summed E-state index contributed by atoms with van der Waals surface area (Å²) in [5, 5.41) is 12.0. The van der Waals surface area contributed by atoms with E-state index in [-0.39, 0.29) is 17.8 Å². The fraction of sp³-hybridized carbons (Fsp3) is 0.545. The van der Waals surface area contributed by atoms with Crippen molar-refractivity contribution in [1.82, 2.24) is 5.32 Å². The van der Waals surface area contributed by atoms with Gasteiger partial charge in [-0.3, -0.25) is 4.79 Å². The first-order chi connectivity index (χ1) is 7.81. The number of carbonyl (C=O) groups is 1. The van der Waals surface area contributed by atoms with E-state index in [1.165, 1.54) is 6.26 Å². The molecule has 0 saturated carbocycles. The summed E-state index contributed by atoms with van der Waals surface area (Å²) in [5.74, 6) is 1.64. The van der Waals surface area contributed by atoms with Gasteiger partial charge in [0, 0.05) is 0 Å². The number of nitrogens with one attached hydrogen (secondary N) is 1. The van der Waals surface area contributed by atoms with Crippen LogP contribution in [-0.2, 0) is 4.79 Å². The molecule has 1 saturated heterocycles. The lowest BCUT2D eigenvalue weighted by atomic mass is 10.2. The Morgan fingerprint density at radius 1 is 1.75 bits per heavy atom. The van der Waals surface area contributed by atoms with Gasteiger partial charge in [-0.1, -0.05) is 0 Å². The SMILES string of the molecule is O=C(NC(CO)c1ccco1)C1CCCS1. The molecule has 88 valence electrons. The Balaban J connectivity index is 1.93. The van der Waals surface area contributed by atoms with Crippen molar-refractivity contribution in [2.75, 3.05) is 12.4 Å². The number of rotatable bonds is 4. The van der Waals surface area contributed by atoms with E-state index < -0.39 is 6.04 Å². The number of aliphatic hydroxyl groups excluding tert-OH is 1. The molecule has 1 aliphatic heterocycles. The minimum atomic E-state index is -0.427. The van der Waals surface area contributed by atoms with Crippen molar-refractivity contribution < 1.29 is 14.3 Å². The summed E-state index contributed by atoms with van der Waals surface area (Å²) in [6, 6.07) is 3.07. The maximum atomic E-state index is 11.8. The highest BCUT2D eigenvalue weighted by Gasteiger charge is 2.26. The molecule has 1 aromatic heterocycles. The lowest BCUT2D eigenvalue weighted by Gasteiger charge is -2.16. The van der Waals surface area contributed by atoms with Crippen molar-refractivity contribution in [3.05, 3.63) is 24.2 Å². The van der Waals surface area contributed by atoms with Gasteiger partial charge in [-0.15, -0.1) is 11.8 Å². The molecule has 1 aliphatic rings. The number of amides is 1. The van der Waals surface area contributed by atoms with Crippen molar-refractivity contribution >= 4 is 17.7 Å². The standard InChI is InChI=1S/C11H15NO3S/c13-7-8(9-3-1-5-15-9)12-11(14)10-4-2-6-16-10/h1,3,5,8,10,13H,2,4,6-7H2,(H,12,14). The second-order valence-corrected chi connectivity index (χ2v) is 5.07. The van der Waals surface area contributed by atoms with Gasteiger partial charge in [0.05, 0.1) is 18.1 Å². The first kappa shape index (κ1) is 11.5. The molecule has 0 aromatic carbocycles. The van der Waals surface area contributed by atoms with Crippen molar-refractivity contribution in [3.8, 4) is 0 Å². The van der Waals surface area contributed by atoms with Crippen molar-refractivity contribution in [2.24, 2.45) is 0 Å². The molecule has 2 N–H and O–H groups in total. The van der Waals surface area contributed by atoms with Crippen LogP contribution in [0.5, 0.6) is 0 Å². The van der Waals surface area contributed by atoms with Gasteiger partial charge >= 0.3 is 0 Å². The molecule has 0 radical (unpaired) electrons. The maximum Gasteiger partial charge on any atom is 0.233 e. The van der Waals surface area contributed by atoms with E-state index in [4.69, 9.17) is 4.42 Å². The molecule has 0 spiro atoms. The van der Waals surface area contributed by atoms with Gasteiger partial charge in [-0.25, -0.2) is 0 Å². The first-order valence-corrected chi connectivity index (χ1v) is 6.42. The van der Waals surface area contributed by atoms with Crippen LogP contribution in [0.1, 0.15) is 24.6 Å². The van der Waals surface area contributed by atoms with E-state index in [1.54, 1.807) is 23.9 Å². The van der Waals surface area contributed by atoms with E-state index in [2.05, 4.69) is 5.32 Å². The zero-order chi connectivity index (χ0) is 11.4. The largest absolute Gasteiger partial charge is 0.467 e. The number of carbonyl (C=O) groups excluding carboxylic acids is 1. The third kappa shape index (κ3) is 2.59. The average Bonchev–Trinajstić information content (AvgIpc) is 2.96. The van der Waals surface area contributed by atoms with Crippen LogP contribution in [0.15, 0.2) is 22.8 Å². The van der Waals surface area contributed by atoms with Crippen LogP contribution in [-0.4, -0.2) is 28.6 Å². The Labute approximate surface area is 98.4 Å². The molecule has 2 rings (SSSR count). The molecule has 0 aliphatic carbocycles. The third-order valence-electron chi connectivity index (χ3n) is 2.61. The molecule has 2 atom stereocenters. The summed E-state index contributed by atoms with van der Waals surface area (Å²) < 4.78 is 5.17. The Kier molecular flexibility index (Phi) is 3.90. The van der Waals surface area contributed by atoms with Gasteiger partial charge in [-0.2, -0.15) is 0 Å². The van der Waals surface area contributed by atoms with Gasteiger partial charge in [0.15, 0.2) is 0 Å². The van der Waals surface area contributed by atoms with Crippen molar-refractivity contribution in [2.45, 2.75) is 24.1 Å². The van der Waals surface area contributed by atoms with Gasteiger partial charge in [0.2, 0.25) is 5.91 Å². The summed E-state index contributed by atoms with van der Waals surface area (Å²) in [6.07, 6.45) is 3.55. The van der Waals surface area contributed by atoms with Gasteiger partial charge in [-0.05, 0) is 30.7 Å². The van der Waals surface area contributed by atoms with E-state index >= 15 is 0 Å². The summed E-state index contributed by atoms with van der Waals surface area (Å²) in [6.45, 7) is -0.142. The fourth-order valence-corrected chi connectivity index (χ4v) is 2.92. The maximum absolute atomic E-state index is 11.8. The van der Waals surface area contributed by atoms with Crippen molar-refractivity contribution in [1.29, 1.82) is 0 Å². The zero-order valence-corrected chi connectivity index (χ0v) is 9.70. The fourth-order valence-electron chi connectivity index (χ4n) is 1.75. The van der Waals surface area contributed by atoms with Crippen molar-refractivity contribution in [3.63, 3.8) is 0 Å². The highest BCUT2D eigenvalue weighted by molar-refractivity contribution is 8.00. The molecule has 5 heteroatoms. The zero-order valence-electron chi connectivity index (χ0n) is 8.89. The molecule has 0 bridgehead atoms. The summed E-state index contributed by atoms with van der Waals surface area (Å²) in [5.41, 5.74) is 0. The first-order valence-electron chi connectivity index (χ1n) is 5.37. The molecule has 1 aromatic rings. The number of furan rings is 1. The predicted molar refractivity (Wildman–Crippen MR) is 62.2 cm³/mol. The summed E-state index contributed by atoms with van der Waals surface area (Å²) in [4.78, 5) is 11.8. The van der Waals surface area contributed by atoms with Crippen LogP contribution >= 0.6 is 11.8 Å². The van der Waals surface area contributed by atoms with E-state index in [0.717, 1.165) is 18.6 Å². The van der Waals surface area contributed by atoms with Gasteiger partial charge < -0.3 is 14.8 Å². The summed E-state index contributed by atoms with van der Waals surface area (Å²) >= 11 is 1.68.